The monoisotopic (exact) mass is 341 g/mol. The minimum Gasteiger partial charge on any atom is -0.345 e. The molecule has 0 fully saturated rings. The fourth-order valence-corrected chi connectivity index (χ4v) is 2.56. The summed E-state index contributed by atoms with van der Waals surface area (Å²) in [5.41, 5.74) is 1.75. The van der Waals surface area contributed by atoms with Gasteiger partial charge in [-0.1, -0.05) is 18.2 Å². The van der Waals surface area contributed by atoms with Gasteiger partial charge in [0.15, 0.2) is 0 Å². The Morgan fingerprint density at radius 3 is 2.60 bits per heavy atom. The summed E-state index contributed by atoms with van der Waals surface area (Å²) in [5.74, 6) is -1.64. The highest BCUT2D eigenvalue weighted by Gasteiger charge is 2.15. The van der Waals surface area contributed by atoms with Crippen LogP contribution in [0, 0.1) is 11.6 Å². The Labute approximate surface area is 144 Å². The predicted octanol–water partition coefficient (Wildman–Crippen LogP) is 3.70. The van der Waals surface area contributed by atoms with E-state index in [4.69, 9.17) is 0 Å². The van der Waals surface area contributed by atoms with Crippen LogP contribution in [0.15, 0.2) is 61.2 Å². The molecule has 1 unspecified atom stereocenters. The molecule has 1 N–H and O–H groups in total. The van der Waals surface area contributed by atoms with Gasteiger partial charge in [-0.3, -0.25) is 4.79 Å². The molecular formula is C19H17F2N3O. The fourth-order valence-electron chi connectivity index (χ4n) is 2.56. The molecular weight excluding hydrogens is 324 g/mol. The first-order valence-electron chi connectivity index (χ1n) is 7.83. The standard InChI is InChI=1S/C19H17F2N3O/c1-13(17-7-6-16(20)10-18(17)21)23-19(25)15-4-2-14(3-5-15)11-24-9-8-22-12-24/h2-10,12-13H,11H2,1H3,(H,23,25). The molecule has 1 atom stereocenters. The van der Waals surface area contributed by atoms with E-state index in [1.807, 2.05) is 22.9 Å². The number of nitrogens with zero attached hydrogens (tertiary/aromatic N) is 2. The summed E-state index contributed by atoms with van der Waals surface area (Å²) in [4.78, 5) is 16.3. The first-order chi connectivity index (χ1) is 12.0. The molecule has 0 saturated heterocycles. The van der Waals surface area contributed by atoms with Crippen molar-refractivity contribution in [2.24, 2.45) is 0 Å². The molecule has 1 aromatic heterocycles. The van der Waals surface area contributed by atoms with E-state index < -0.39 is 17.7 Å². The third-order valence-electron chi connectivity index (χ3n) is 3.92. The maximum absolute atomic E-state index is 13.8. The van der Waals surface area contributed by atoms with Crippen LogP contribution in [-0.2, 0) is 6.54 Å². The van der Waals surface area contributed by atoms with Gasteiger partial charge in [-0.2, -0.15) is 0 Å². The Hall–Kier alpha value is -3.02. The molecule has 1 amide bonds. The Morgan fingerprint density at radius 2 is 1.96 bits per heavy atom. The maximum Gasteiger partial charge on any atom is 0.251 e. The Bertz CT molecular complexity index is 861. The normalized spacial score (nSPS) is 12.0. The number of halogens is 2. The second-order valence-electron chi connectivity index (χ2n) is 5.79. The van der Waals surface area contributed by atoms with Crippen molar-refractivity contribution in [3.8, 4) is 0 Å². The smallest absolute Gasteiger partial charge is 0.251 e. The molecule has 2 aromatic carbocycles. The van der Waals surface area contributed by atoms with Gasteiger partial charge < -0.3 is 9.88 Å². The summed E-state index contributed by atoms with van der Waals surface area (Å²) in [5, 5.41) is 2.72. The van der Waals surface area contributed by atoms with Gasteiger partial charge in [0.25, 0.3) is 5.91 Å². The molecule has 25 heavy (non-hydrogen) atoms. The van der Waals surface area contributed by atoms with Crippen molar-refractivity contribution in [3.63, 3.8) is 0 Å². The number of nitrogens with one attached hydrogen (secondary N) is 1. The third kappa shape index (κ3) is 4.09. The summed E-state index contributed by atoms with van der Waals surface area (Å²) in [6, 6.07) is 9.90. The summed E-state index contributed by atoms with van der Waals surface area (Å²) in [6.07, 6.45) is 5.29. The van der Waals surface area contributed by atoms with Crippen molar-refractivity contribution in [1.29, 1.82) is 0 Å². The molecule has 0 aliphatic carbocycles. The van der Waals surface area contributed by atoms with Gasteiger partial charge >= 0.3 is 0 Å². The molecule has 0 aliphatic rings. The van der Waals surface area contributed by atoms with Crippen LogP contribution in [0.2, 0.25) is 0 Å². The zero-order valence-electron chi connectivity index (χ0n) is 13.6. The topological polar surface area (TPSA) is 46.9 Å². The molecule has 0 spiro atoms. The van der Waals surface area contributed by atoms with Crippen LogP contribution < -0.4 is 5.32 Å². The Balaban J connectivity index is 1.66. The van der Waals surface area contributed by atoms with Crippen molar-refractivity contribution in [2.45, 2.75) is 19.5 Å². The number of rotatable bonds is 5. The molecule has 1 heterocycles. The Kier molecular flexibility index (Phi) is 4.88. The van der Waals surface area contributed by atoms with Gasteiger partial charge in [-0.05, 0) is 30.7 Å². The van der Waals surface area contributed by atoms with Crippen molar-refractivity contribution in [1.82, 2.24) is 14.9 Å². The van der Waals surface area contributed by atoms with Gasteiger partial charge in [0, 0.05) is 36.1 Å². The second-order valence-corrected chi connectivity index (χ2v) is 5.79. The predicted molar refractivity (Wildman–Crippen MR) is 90.0 cm³/mol. The lowest BCUT2D eigenvalue weighted by atomic mass is 10.1. The minimum atomic E-state index is -0.677. The Morgan fingerprint density at radius 1 is 1.20 bits per heavy atom. The number of hydrogen-bond donors (Lipinski definition) is 1. The molecule has 0 bridgehead atoms. The summed E-state index contributed by atoms with van der Waals surface area (Å²) in [7, 11) is 0. The average Bonchev–Trinajstić information content (AvgIpc) is 3.08. The molecule has 4 nitrogen and oxygen atoms in total. The van der Waals surface area contributed by atoms with E-state index in [0.29, 0.717) is 12.1 Å². The van der Waals surface area contributed by atoms with E-state index >= 15 is 0 Å². The molecule has 6 heteroatoms. The van der Waals surface area contributed by atoms with Crippen LogP contribution in [0.25, 0.3) is 0 Å². The third-order valence-corrected chi connectivity index (χ3v) is 3.92. The van der Waals surface area contributed by atoms with Crippen molar-refractivity contribution in [3.05, 3.63) is 89.5 Å². The number of carbonyl (C=O) groups is 1. The van der Waals surface area contributed by atoms with E-state index in [1.54, 1.807) is 31.6 Å². The first kappa shape index (κ1) is 16.8. The molecule has 128 valence electrons. The van der Waals surface area contributed by atoms with Crippen LogP contribution in [0.5, 0.6) is 0 Å². The summed E-state index contributed by atoms with van der Waals surface area (Å²) >= 11 is 0. The number of amides is 1. The van der Waals surface area contributed by atoms with Gasteiger partial charge in [0.1, 0.15) is 11.6 Å². The lowest BCUT2D eigenvalue weighted by Crippen LogP contribution is -2.27. The van der Waals surface area contributed by atoms with Crippen LogP contribution >= 0.6 is 0 Å². The van der Waals surface area contributed by atoms with Crippen molar-refractivity contribution in [2.75, 3.05) is 0 Å². The second kappa shape index (κ2) is 7.25. The zero-order chi connectivity index (χ0) is 17.8. The fraction of sp³-hybridized carbons (Fsp3) is 0.158. The SMILES string of the molecule is CC(NC(=O)c1ccc(Cn2ccnc2)cc1)c1ccc(F)cc1F. The van der Waals surface area contributed by atoms with Crippen LogP contribution in [0.3, 0.4) is 0 Å². The van der Waals surface area contributed by atoms with Gasteiger partial charge in [-0.15, -0.1) is 0 Å². The van der Waals surface area contributed by atoms with E-state index in [-0.39, 0.29) is 11.5 Å². The molecule has 3 rings (SSSR count). The maximum atomic E-state index is 13.8. The molecule has 0 saturated carbocycles. The number of carbonyl (C=O) groups excluding carboxylic acids is 1. The largest absolute Gasteiger partial charge is 0.345 e. The first-order valence-corrected chi connectivity index (χ1v) is 7.83. The number of hydrogen-bond acceptors (Lipinski definition) is 2. The van der Waals surface area contributed by atoms with E-state index in [1.165, 1.54) is 12.1 Å². The number of aromatic nitrogens is 2. The lowest BCUT2D eigenvalue weighted by Gasteiger charge is -2.15. The van der Waals surface area contributed by atoms with Gasteiger partial charge in [0.2, 0.25) is 0 Å². The highest BCUT2D eigenvalue weighted by molar-refractivity contribution is 5.94. The summed E-state index contributed by atoms with van der Waals surface area (Å²) in [6.45, 7) is 2.32. The van der Waals surface area contributed by atoms with Crippen LogP contribution in [0.4, 0.5) is 8.78 Å². The highest BCUT2D eigenvalue weighted by atomic mass is 19.1. The summed E-state index contributed by atoms with van der Waals surface area (Å²) < 4.78 is 28.7. The van der Waals surface area contributed by atoms with Crippen LogP contribution in [0.1, 0.15) is 34.5 Å². The van der Waals surface area contributed by atoms with E-state index in [9.17, 15) is 13.6 Å². The van der Waals surface area contributed by atoms with Crippen molar-refractivity contribution < 1.29 is 13.6 Å². The number of imidazole rings is 1. The number of benzene rings is 2. The van der Waals surface area contributed by atoms with Gasteiger partial charge in [-0.25, -0.2) is 13.8 Å². The van der Waals surface area contributed by atoms with Gasteiger partial charge in [0.05, 0.1) is 12.4 Å². The highest BCUT2D eigenvalue weighted by Crippen LogP contribution is 2.18. The van der Waals surface area contributed by atoms with E-state index in [2.05, 4.69) is 10.3 Å². The lowest BCUT2D eigenvalue weighted by molar-refractivity contribution is 0.0939. The molecule has 0 aliphatic heterocycles. The van der Waals surface area contributed by atoms with Crippen LogP contribution in [-0.4, -0.2) is 15.5 Å². The quantitative estimate of drug-likeness (QED) is 0.769. The molecule has 3 aromatic rings. The minimum absolute atomic E-state index is 0.242. The average molecular weight is 341 g/mol. The van der Waals surface area contributed by atoms with E-state index in [0.717, 1.165) is 11.6 Å². The molecule has 0 radical (unpaired) electrons. The van der Waals surface area contributed by atoms with Crippen molar-refractivity contribution >= 4 is 5.91 Å². The zero-order valence-corrected chi connectivity index (χ0v) is 13.6.